The summed E-state index contributed by atoms with van der Waals surface area (Å²) in [6, 6.07) is 13.5. The van der Waals surface area contributed by atoms with E-state index in [-0.39, 0.29) is 5.82 Å². The van der Waals surface area contributed by atoms with Crippen LogP contribution in [0, 0.1) is 5.82 Å². The lowest BCUT2D eigenvalue weighted by atomic mass is 9.88. The van der Waals surface area contributed by atoms with Gasteiger partial charge in [-0.25, -0.2) is 4.39 Å². The number of rotatable bonds is 3. The molecule has 1 atom stereocenters. The second kappa shape index (κ2) is 5.28. The van der Waals surface area contributed by atoms with Crippen LogP contribution < -0.4 is 0 Å². The largest absolute Gasteiger partial charge is 0.458 e. The number of hydrogen-bond acceptors (Lipinski definition) is 2. The van der Waals surface area contributed by atoms with Gasteiger partial charge in [0.15, 0.2) is 0 Å². The molecule has 0 saturated heterocycles. The van der Waals surface area contributed by atoms with Crippen molar-refractivity contribution in [2.45, 2.75) is 18.9 Å². The van der Waals surface area contributed by atoms with Crippen LogP contribution in [-0.2, 0) is 5.60 Å². The van der Waals surface area contributed by atoms with Crippen molar-refractivity contribution in [3.05, 3.63) is 70.1 Å². The van der Waals surface area contributed by atoms with E-state index in [2.05, 4.69) is 15.9 Å². The highest BCUT2D eigenvalue weighted by Crippen LogP contribution is 2.37. The molecule has 0 amide bonds. The van der Waals surface area contributed by atoms with Gasteiger partial charge in [-0.15, -0.1) is 0 Å². The lowest BCUT2D eigenvalue weighted by Gasteiger charge is -2.25. The molecule has 21 heavy (non-hydrogen) atoms. The van der Waals surface area contributed by atoms with Crippen molar-refractivity contribution in [2.24, 2.45) is 0 Å². The van der Waals surface area contributed by atoms with Crippen LogP contribution in [0.1, 0.15) is 24.7 Å². The summed E-state index contributed by atoms with van der Waals surface area (Å²) in [6.07, 6.45) is 0.450. The van der Waals surface area contributed by atoms with Gasteiger partial charge in [-0.1, -0.05) is 35.0 Å². The van der Waals surface area contributed by atoms with Gasteiger partial charge < -0.3 is 9.52 Å². The van der Waals surface area contributed by atoms with Gasteiger partial charge in [0.1, 0.15) is 22.8 Å². The van der Waals surface area contributed by atoms with Crippen LogP contribution in [0.2, 0.25) is 0 Å². The molecule has 0 saturated carbocycles. The fraction of sp³-hybridized carbons (Fsp3) is 0.176. The highest BCUT2D eigenvalue weighted by Gasteiger charge is 2.33. The average Bonchev–Trinajstić information content (AvgIpc) is 2.89. The summed E-state index contributed by atoms with van der Waals surface area (Å²) in [5.41, 5.74) is 0.0615. The first-order valence-electron chi connectivity index (χ1n) is 6.71. The van der Waals surface area contributed by atoms with E-state index in [4.69, 9.17) is 4.42 Å². The normalized spacial score (nSPS) is 14.3. The van der Waals surface area contributed by atoms with E-state index in [1.54, 1.807) is 12.1 Å². The first-order chi connectivity index (χ1) is 10.0. The minimum atomic E-state index is -1.24. The van der Waals surface area contributed by atoms with Gasteiger partial charge in [0.2, 0.25) is 0 Å². The van der Waals surface area contributed by atoms with Gasteiger partial charge in [-0.3, -0.25) is 0 Å². The number of benzene rings is 2. The molecule has 3 aromatic rings. The van der Waals surface area contributed by atoms with Crippen LogP contribution in [0.4, 0.5) is 4.39 Å². The van der Waals surface area contributed by atoms with Gasteiger partial charge >= 0.3 is 0 Å². The van der Waals surface area contributed by atoms with E-state index in [1.807, 2.05) is 31.2 Å². The molecule has 2 aromatic carbocycles. The third-order valence-corrected chi connectivity index (χ3v) is 4.19. The lowest BCUT2D eigenvalue weighted by molar-refractivity contribution is 0.0544. The Morgan fingerprint density at radius 1 is 1.19 bits per heavy atom. The molecule has 0 aliphatic rings. The molecule has 1 heterocycles. The van der Waals surface area contributed by atoms with E-state index >= 15 is 0 Å². The average molecular weight is 349 g/mol. The highest BCUT2D eigenvalue weighted by molar-refractivity contribution is 9.10. The zero-order valence-corrected chi connectivity index (χ0v) is 13.0. The van der Waals surface area contributed by atoms with E-state index in [1.165, 1.54) is 12.1 Å². The fourth-order valence-corrected chi connectivity index (χ4v) is 2.88. The molecule has 108 valence electrons. The monoisotopic (exact) mass is 348 g/mol. The molecule has 0 fully saturated rings. The Labute approximate surface area is 130 Å². The smallest absolute Gasteiger partial charge is 0.147 e. The first kappa shape index (κ1) is 14.3. The summed E-state index contributed by atoms with van der Waals surface area (Å²) >= 11 is 3.41. The van der Waals surface area contributed by atoms with Crippen LogP contribution >= 0.6 is 15.9 Å². The van der Waals surface area contributed by atoms with Gasteiger partial charge in [0.25, 0.3) is 0 Å². The summed E-state index contributed by atoms with van der Waals surface area (Å²) < 4.78 is 19.9. The Kier molecular flexibility index (Phi) is 3.59. The van der Waals surface area contributed by atoms with Crippen molar-refractivity contribution in [2.75, 3.05) is 0 Å². The molecule has 0 radical (unpaired) electrons. The van der Waals surface area contributed by atoms with Crippen molar-refractivity contribution < 1.29 is 13.9 Å². The SMILES string of the molecule is CCC(O)(c1cccc(Br)c1)c1cc2cc(F)ccc2o1. The number of hydrogen-bond donors (Lipinski definition) is 1. The zero-order chi connectivity index (χ0) is 15.0. The van der Waals surface area contributed by atoms with Crippen molar-refractivity contribution in [1.82, 2.24) is 0 Å². The summed E-state index contributed by atoms with van der Waals surface area (Å²) in [4.78, 5) is 0. The van der Waals surface area contributed by atoms with Crippen molar-refractivity contribution in [3.63, 3.8) is 0 Å². The molecular weight excluding hydrogens is 335 g/mol. The molecular formula is C17H14BrFO2. The summed E-state index contributed by atoms with van der Waals surface area (Å²) in [5.74, 6) is 0.0982. The second-order valence-corrected chi connectivity index (χ2v) is 5.93. The molecule has 2 nitrogen and oxygen atoms in total. The van der Waals surface area contributed by atoms with Crippen LogP contribution in [-0.4, -0.2) is 5.11 Å². The molecule has 1 N–H and O–H groups in total. The quantitative estimate of drug-likeness (QED) is 0.723. The molecule has 4 heteroatoms. The third-order valence-electron chi connectivity index (χ3n) is 3.70. The van der Waals surface area contributed by atoms with Crippen LogP contribution in [0.15, 0.2) is 57.4 Å². The number of aliphatic hydroxyl groups is 1. The standard InChI is InChI=1S/C17H14BrFO2/c1-2-17(20,12-4-3-5-13(18)10-12)16-9-11-8-14(19)6-7-15(11)21-16/h3-10,20H,2H2,1H3. The van der Waals surface area contributed by atoms with Gasteiger partial charge in [0, 0.05) is 9.86 Å². The van der Waals surface area contributed by atoms with Crippen molar-refractivity contribution in [3.8, 4) is 0 Å². The van der Waals surface area contributed by atoms with Gasteiger partial charge in [-0.05, 0) is 48.4 Å². The predicted molar refractivity (Wildman–Crippen MR) is 83.6 cm³/mol. The van der Waals surface area contributed by atoms with Crippen molar-refractivity contribution in [1.29, 1.82) is 0 Å². The summed E-state index contributed by atoms with van der Waals surface area (Å²) in [5, 5.41) is 11.7. The molecule has 0 aliphatic carbocycles. The maximum Gasteiger partial charge on any atom is 0.147 e. The number of halogens is 2. The maximum absolute atomic E-state index is 13.3. The Hall–Kier alpha value is -1.65. The van der Waals surface area contributed by atoms with Crippen LogP contribution in [0.3, 0.4) is 0 Å². The highest BCUT2D eigenvalue weighted by atomic mass is 79.9. The third kappa shape index (κ3) is 2.49. The Bertz CT molecular complexity index is 796. The van der Waals surface area contributed by atoms with E-state index in [9.17, 15) is 9.50 Å². The fourth-order valence-electron chi connectivity index (χ4n) is 2.48. The minimum absolute atomic E-state index is 0.322. The van der Waals surface area contributed by atoms with E-state index in [0.29, 0.717) is 23.2 Å². The molecule has 0 spiro atoms. The Morgan fingerprint density at radius 2 is 2.00 bits per heavy atom. The van der Waals surface area contributed by atoms with E-state index < -0.39 is 5.60 Å². The number of furan rings is 1. The number of fused-ring (bicyclic) bond motifs is 1. The molecule has 1 aromatic heterocycles. The predicted octanol–water partition coefficient (Wildman–Crippen LogP) is 4.98. The Morgan fingerprint density at radius 3 is 2.71 bits per heavy atom. The molecule has 0 bridgehead atoms. The summed E-state index contributed by atoms with van der Waals surface area (Å²) in [7, 11) is 0. The minimum Gasteiger partial charge on any atom is -0.458 e. The van der Waals surface area contributed by atoms with Crippen molar-refractivity contribution >= 4 is 26.9 Å². The molecule has 3 rings (SSSR count). The van der Waals surface area contributed by atoms with Crippen LogP contribution in [0.25, 0.3) is 11.0 Å². The Balaban J connectivity index is 2.16. The first-order valence-corrected chi connectivity index (χ1v) is 7.50. The topological polar surface area (TPSA) is 33.4 Å². The lowest BCUT2D eigenvalue weighted by Crippen LogP contribution is -2.25. The van der Waals surface area contributed by atoms with Gasteiger partial charge in [-0.2, -0.15) is 0 Å². The van der Waals surface area contributed by atoms with Crippen LogP contribution in [0.5, 0.6) is 0 Å². The maximum atomic E-state index is 13.3. The zero-order valence-electron chi connectivity index (χ0n) is 11.4. The van der Waals surface area contributed by atoms with Gasteiger partial charge in [0.05, 0.1) is 0 Å². The summed E-state index contributed by atoms with van der Waals surface area (Å²) in [6.45, 7) is 1.88. The molecule has 1 unspecified atom stereocenters. The van der Waals surface area contributed by atoms with E-state index in [0.717, 1.165) is 10.0 Å². The molecule has 0 aliphatic heterocycles. The second-order valence-electron chi connectivity index (χ2n) is 5.02.